The van der Waals surface area contributed by atoms with E-state index in [1.807, 2.05) is 0 Å². The maximum atomic E-state index is 11.8. The van der Waals surface area contributed by atoms with Crippen LogP contribution in [0.3, 0.4) is 0 Å². The van der Waals surface area contributed by atoms with Crippen molar-refractivity contribution >= 4 is 21.8 Å². The lowest BCUT2D eigenvalue weighted by Crippen LogP contribution is -2.34. The van der Waals surface area contributed by atoms with Crippen LogP contribution in [0.4, 0.5) is 0 Å². The molecule has 0 bridgehead atoms. The van der Waals surface area contributed by atoms with Crippen LogP contribution in [-0.2, 0) is 0 Å². The zero-order valence-electron chi connectivity index (χ0n) is 10.7. The second-order valence-corrected chi connectivity index (χ2v) is 4.86. The minimum Gasteiger partial charge on any atom is -0.507 e. The number of nitrogens with one attached hydrogen (secondary N) is 1. The lowest BCUT2D eigenvalue weighted by Gasteiger charge is -2.18. The molecule has 0 aliphatic rings. The number of hydrogen-bond acceptors (Lipinski definition) is 3. The van der Waals surface area contributed by atoms with Crippen molar-refractivity contribution in [1.29, 1.82) is 0 Å². The van der Waals surface area contributed by atoms with Crippen LogP contribution < -0.4 is 5.32 Å². The van der Waals surface area contributed by atoms with Gasteiger partial charge in [0.2, 0.25) is 0 Å². The molecule has 0 radical (unpaired) electrons. The van der Waals surface area contributed by atoms with Gasteiger partial charge in [0.05, 0.1) is 5.56 Å². The summed E-state index contributed by atoms with van der Waals surface area (Å²) in [7, 11) is 0. The summed E-state index contributed by atoms with van der Waals surface area (Å²) in [5.74, 6) is -0.253. The molecule has 0 unspecified atom stereocenters. The summed E-state index contributed by atoms with van der Waals surface area (Å²) in [6.07, 6.45) is 0. The summed E-state index contributed by atoms with van der Waals surface area (Å²) >= 11 is 3.24. The number of phenolic OH excluding ortho intramolecular Hbond substituents is 1. The number of rotatable bonds is 6. The smallest absolute Gasteiger partial charge is 0.255 e. The predicted octanol–water partition coefficient (Wildman–Crippen LogP) is 2.23. The summed E-state index contributed by atoms with van der Waals surface area (Å²) in [6.45, 7) is 7.51. The summed E-state index contributed by atoms with van der Waals surface area (Å²) in [6, 6.07) is 4.85. The quantitative estimate of drug-likeness (QED) is 0.846. The van der Waals surface area contributed by atoms with E-state index in [9.17, 15) is 9.90 Å². The molecule has 0 aromatic heterocycles. The molecule has 0 aliphatic heterocycles. The van der Waals surface area contributed by atoms with Gasteiger partial charge >= 0.3 is 0 Å². The van der Waals surface area contributed by atoms with E-state index < -0.39 is 0 Å². The number of carbonyl (C=O) groups is 1. The lowest BCUT2D eigenvalue weighted by atomic mass is 10.2. The highest BCUT2D eigenvalue weighted by atomic mass is 79.9. The van der Waals surface area contributed by atoms with Gasteiger partial charge in [-0.3, -0.25) is 4.79 Å². The maximum absolute atomic E-state index is 11.8. The third-order valence-electron chi connectivity index (χ3n) is 2.81. The number of halogens is 1. The fraction of sp³-hybridized carbons (Fsp3) is 0.462. The number of likely N-dealkylation sites (N-methyl/N-ethyl adjacent to an activating group) is 1. The van der Waals surface area contributed by atoms with Gasteiger partial charge in [0, 0.05) is 17.6 Å². The Labute approximate surface area is 116 Å². The van der Waals surface area contributed by atoms with Crippen LogP contribution in [0, 0.1) is 0 Å². The van der Waals surface area contributed by atoms with Gasteiger partial charge in [0.15, 0.2) is 0 Å². The zero-order valence-corrected chi connectivity index (χ0v) is 12.3. The van der Waals surface area contributed by atoms with Crippen molar-refractivity contribution in [2.75, 3.05) is 26.2 Å². The molecule has 0 saturated heterocycles. The van der Waals surface area contributed by atoms with Crippen LogP contribution in [0.1, 0.15) is 24.2 Å². The normalized spacial score (nSPS) is 10.7. The fourth-order valence-corrected chi connectivity index (χ4v) is 2.01. The van der Waals surface area contributed by atoms with Crippen LogP contribution in [0.15, 0.2) is 22.7 Å². The monoisotopic (exact) mass is 314 g/mol. The Kier molecular flexibility index (Phi) is 6.15. The van der Waals surface area contributed by atoms with E-state index in [0.717, 1.165) is 24.1 Å². The molecule has 0 aliphatic carbocycles. The molecule has 0 fully saturated rings. The van der Waals surface area contributed by atoms with E-state index in [2.05, 4.69) is 40.0 Å². The van der Waals surface area contributed by atoms with Gasteiger partial charge in [-0.2, -0.15) is 0 Å². The first-order chi connectivity index (χ1) is 8.58. The Hall–Kier alpha value is -1.07. The molecule has 0 saturated carbocycles. The molecule has 0 spiro atoms. The molecule has 1 aromatic carbocycles. The van der Waals surface area contributed by atoms with Crippen molar-refractivity contribution in [2.24, 2.45) is 0 Å². The number of amides is 1. The Balaban J connectivity index is 2.50. The molecule has 0 atom stereocenters. The van der Waals surface area contributed by atoms with Crippen molar-refractivity contribution in [2.45, 2.75) is 13.8 Å². The first kappa shape index (κ1) is 15.0. The van der Waals surface area contributed by atoms with Crippen molar-refractivity contribution in [3.05, 3.63) is 28.2 Å². The molecule has 1 aromatic rings. The highest BCUT2D eigenvalue weighted by Gasteiger charge is 2.10. The number of aromatic hydroxyl groups is 1. The minimum atomic E-state index is -0.243. The first-order valence-electron chi connectivity index (χ1n) is 6.07. The van der Waals surface area contributed by atoms with Gasteiger partial charge in [-0.25, -0.2) is 0 Å². The van der Waals surface area contributed by atoms with E-state index in [1.165, 1.54) is 6.07 Å². The Bertz CT molecular complexity index is 406. The summed E-state index contributed by atoms with van der Waals surface area (Å²) in [4.78, 5) is 14.1. The van der Waals surface area contributed by atoms with Crippen molar-refractivity contribution < 1.29 is 9.90 Å². The van der Waals surface area contributed by atoms with Gasteiger partial charge in [-0.15, -0.1) is 0 Å². The second-order valence-electron chi connectivity index (χ2n) is 3.94. The fourth-order valence-electron chi connectivity index (χ4n) is 1.66. The Morgan fingerprint density at radius 1 is 1.39 bits per heavy atom. The number of benzene rings is 1. The van der Waals surface area contributed by atoms with Gasteiger partial charge in [0.25, 0.3) is 5.91 Å². The molecule has 18 heavy (non-hydrogen) atoms. The average molecular weight is 315 g/mol. The number of phenols is 1. The molecular weight excluding hydrogens is 296 g/mol. The van der Waals surface area contributed by atoms with E-state index in [0.29, 0.717) is 12.1 Å². The zero-order chi connectivity index (χ0) is 13.5. The molecular formula is C13H19BrN2O2. The highest BCUT2D eigenvalue weighted by molar-refractivity contribution is 9.10. The highest BCUT2D eigenvalue weighted by Crippen LogP contribution is 2.21. The molecule has 0 heterocycles. The molecule has 100 valence electrons. The maximum Gasteiger partial charge on any atom is 0.255 e. The Morgan fingerprint density at radius 3 is 2.61 bits per heavy atom. The van der Waals surface area contributed by atoms with Gasteiger partial charge in [0.1, 0.15) is 5.75 Å². The first-order valence-corrected chi connectivity index (χ1v) is 6.86. The van der Waals surface area contributed by atoms with Crippen molar-refractivity contribution in [3.8, 4) is 5.75 Å². The van der Waals surface area contributed by atoms with Crippen LogP contribution in [0.25, 0.3) is 0 Å². The molecule has 1 amide bonds. The Morgan fingerprint density at radius 2 is 2.06 bits per heavy atom. The lowest BCUT2D eigenvalue weighted by molar-refractivity contribution is 0.0946. The van der Waals surface area contributed by atoms with E-state index in [-0.39, 0.29) is 11.7 Å². The summed E-state index contributed by atoms with van der Waals surface area (Å²) in [5, 5.41) is 12.5. The van der Waals surface area contributed by atoms with E-state index in [1.54, 1.807) is 12.1 Å². The van der Waals surface area contributed by atoms with Gasteiger partial charge < -0.3 is 15.3 Å². The van der Waals surface area contributed by atoms with Crippen LogP contribution >= 0.6 is 15.9 Å². The number of carbonyl (C=O) groups excluding carboxylic acids is 1. The van der Waals surface area contributed by atoms with Crippen molar-refractivity contribution in [3.63, 3.8) is 0 Å². The number of nitrogens with zero attached hydrogens (tertiary/aromatic N) is 1. The standard InChI is InChI=1S/C13H19BrN2O2/c1-3-16(4-2)8-7-15-13(18)11-6-5-10(14)9-12(11)17/h5-6,9,17H,3-4,7-8H2,1-2H3,(H,15,18). The minimum absolute atomic E-state index is 0.00952. The molecule has 1 rings (SSSR count). The largest absolute Gasteiger partial charge is 0.507 e. The van der Waals surface area contributed by atoms with E-state index >= 15 is 0 Å². The molecule has 4 nitrogen and oxygen atoms in total. The predicted molar refractivity (Wildman–Crippen MR) is 75.9 cm³/mol. The topological polar surface area (TPSA) is 52.6 Å². The SMILES string of the molecule is CCN(CC)CCNC(=O)c1ccc(Br)cc1O. The number of hydrogen-bond donors (Lipinski definition) is 2. The second kappa shape index (κ2) is 7.38. The van der Waals surface area contributed by atoms with Crippen LogP contribution in [0.2, 0.25) is 0 Å². The summed E-state index contributed by atoms with van der Waals surface area (Å²) < 4.78 is 0.750. The third kappa shape index (κ3) is 4.31. The van der Waals surface area contributed by atoms with Crippen LogP contribution in [-0.4, -0.2) is 42.1 Å². The van der Waals surface area contributed by atoms with Crippen molar-refractivity contribution in [1.82, 2.24) is 10.2 Å². The van der Waals surface area contributed by atoms with Gasteiger partial charge in [-0.1, -0.05) is 29.8 Å². The average Bonchev–Trinajstić information content (AvgIpc) is 2.34. The van der Waals surface area contributed by atoms with Crippen LogP contribution in [0.5, 0.6) is 5.75 Å². The van der Waals surface area contributed by atoms with E-state index in [4.69, 9.17) is 0 Å². The third-order valence-corrected chi connectivity index (χ3v) is 3.31. The molecule has 5 heteroatoms. The van der Waals surface area contributed by atoms with Gasteiger partial charge in [-0.05, 0) is 31.3 Å². The molecule has 2 N–H and O–H groups in total. The summed E-state index contributed by atoms with van der Waals surface area (Å²) in [5.41, 5.74) is 0.303.